The quantitative estimate of drug-likeness (QED) is 0.237. The topological polar surface area (TPSA) is 18.1 Å². The molecule has 0 amide bonds. The Labute approximate surface area is 198 Å². The Morgan fingerprint density at radius 1 is 0.545 bits per heavy atom. The molecule has 0 unspecified atom stereocenters. The Balaban J connectivity index is 1.51. The van der Waals surface area contributed by atoms with E-state index in [0.29, 0.717) is 0 Å². The van der Waals surface area contributed by atoms with Crippen molar-refractivity contribution in [2.45, 2.75) is 0 Å². The summed E-state index contributed by atoms with van der Waals surface area (Å²) in [4.78, 5) is 0. The molecule has 2 heterocycles. The van der Waals surface area contributed by atoms with E-state index >= 15 is 0 Å². The van der Waals surface area contributed by atoms with Gasteiger partial charge in [0, 0.05) is 31.7 Å². The van der Waals surface area contributed by atoms with Gasteiger partial charge in [-0.25, -0.2) is 0 Å². The molecule has 156 valence electrons. The van der Waals surface area contributed by atoms with Crippen molar-refractivity contribution in [3.05, 3.63) is 114 Å². The average Bonchev–Trinajstić information content (AvgIpc) is 3.40. The Hall–Kier alpha value is -3.82. The highest BCUT2D eigenvalue weighted by Gasteiger charge is 2.14. The number of fused-ring (bicyclic) bond motifs is 6. The molecule has 0 aliphatic heterocycles. The van der Waals surface area contributed by atoms with E-state index in [0.717, 1.165) is 26.4 Å². The van der Waals surface area contributed by atoms with E-state index in [1.165, 1.54) is 38.6 Å². The summed E-state index contributed by atoms with van der Waals surface area (Å²) in [6.07, 6.45) is 0. The molecule has 0 bridgehead atoms. The maximum absolute atomic E-state index is 6.08. The van der Waals surface area contributed by atoms with Crippen molar-refractivity contribution in [3.8, 4) is 16.8 Å². The van der Waals surface area contributed by atoms with Crippen LogP contribution in [0.15, 0.2) is 118 Å². The number of aromatic nitrogens is 1. The Kier molecular flexibility index (Phi) is 4.02. The van der Waals surface area contributed by atoms with Crippen LogP contribution in [0.5, 0.6) is 0 Å². The van der Waals surface area contributed by atoms with Gasteiger partial charge in [-0.1, -0.05) is 76.6 Å². The highest BCUT2D eigenvalue weighted by molar-refractivity contribution is 9.10. The number of nitrogens with zero attached hydrogens (tertiary/aromatic N) is 1. The van der Waals surface area contributed by atoms with Gasteiger partial charge < -0.3 is 8.98 Å². The third-order valence-corrected chi connectivity index (χ3v) is 7.13. The van der Waals surface area contributed by atoms with Crippen molar-refractivity contribution in [1.29, 1.82) is 0 Å². The molecule has 7 aromatic rings. The SMILES string of the molecule is Brc1cccc2oc3ccc(-c4ccc5c6ccccc6n(-c6ccccc6)c5c4)cc3c12. The van der Waals surface area contributed by atoms with Gasteiger partial charge in [0.1, 0.15) is 11.2 Å². The highest BCUT2D eigenvalue weighted by atomic mass is 79.9. The van der Waals surface area contributed by atoms with Crippen LogP contribution in [-0.4, -0.2) is 4.57 Å². The fourth-order valence-electron chi connectivity index (χ4n) is 4.97. The standard InChI is InChI=1S/C30H18BrNO/c31-25-10-6-12-29-30(25)24-17-19(14-16-28(24)33-29)20-13-15-23-22-9-4-5-11-26(22)32(27(23)18-20)21-7-2-1-3-8-21/h1-18H. The van der Waals surface area contributed by atoms with Gasteiger partial charge in [0.15, 0.2) is 0 Å². The molecule has 0 saturated carbocycles. The molecule has 0 fully saturated rings. The molecular weight excluding hydrogens is 470 g/mol. The minimum absolute atomic E-state index is 0.899. The normalized spacial score (nSPS) is 11.8. The van der Waals surface area contributed by atoms with Crippen molar-refractivity contribution < 1.29 is 4.42 Å². The lowest BCUT2D eigenvalue weighted by atomic mass is 10.0. The van der Waals surface area contributed by atoms with Crippen molar-refractivity contribution in [2.75, 3.05) is 0 Å². The third-order valence-electron chi connectivity index (χ3n) is 6.47. The zero-order valence-electron chi connectivity index (χ0n) is 17.6. The third kappa shape index (κ3) is 2.79. The second kappa shape index (κ2) is 7.09. The van der Waals surface area contributed by atoms with Crippen LogP contribution in [0.2, 0.25) is 0 Å². The zero-order valence-corrected chi connectivity index (χ0v) is 19.2. The maximum atomic E-state index is 6.08. The predicted octanol–water partition coefficient (Wildman–Crippen LogP) is 9.11. The number of hydrogen-bond acceptors (Lipinski definition) is 1. The first-order chi connectivity index (χ1) is 16.3. The van der Waals surface area contributed by atoms with Crippen LogP contribution in [0.25, 0.3) is 60.6 Å². The Morgan fingerprint density at radius 3 is 2.21 bits per heavy atom. The maximum Gasteiger partial charge on any atom is 0.136 e. The van der Waals surface area contributed by atoms with Crippen LogP contribution in [0.4, 0.5) is 0 Å². The molecule has 2 nitrogen and oxygen atoms in total. The van der Waals surface area contributed by atoms with Crippen LogP contribution in [0, 0.1) is 0 Å². The van der Waals surface area contributed by atoms with E-state index < -0.39 is 0 Å². The summed E-state index contributed by atoms with van der Waals surface area (Å²) >= 11 is 3.70. The second-order valence-electron chi connectivity index (χ2n) is 8.35. The summed E-state index contributed by atoms with van der Waals surface area (Å²) in [6, 6.07) is 38.5. The van der Waals surface area contributed by atoms with Crippen LogP contribution in [-0.2, 0) is 0 Å². The molecule has 3 heteroatoms. The van der Waals surface area contributed by atoms with Crippen molar-refractivity contribution in [1.82, 2.24) is 4.57 Å². The lowest BCUT2D eigenvalue weighted by molar-refractivity contribution is 0.669. The summed E-state index contributed by atoms with van der Waals surface area (Å²) in [5.41, 5.74) is 7.75. The molecule has 0 aliphatic rings. The summed E-state index contributed by atoms with van der Waals surface area (Å²) in [5.74, 6) is 0. The minimum Gasteiger partial charge on any atom is -0.456 e. The molecule has 7 rings (SSSR count). The van der Waals surface area contributed by atoms with E-state index in [1.807, 2.05) is 12.1 Å². The van der Waals surface area contributed by atoms with E-state index in [1.54, 1.807) is 0 Å². The molecule has 5 aromatic carbocycles. The van der Waals surface area contributed by atoms with Gasteiger partial charge in [-0.3, -0.25) is 0 Å². The number of furan rings is 1. The van der Waals surface area contributed by atoms with Gasteiger partial charge in [-0.2, -0.15) is 0 Å². The van der Waals surface area contributed by atoms with Crippen molar-refractivity contribution in [3.63, 3.8) is 0 Å². The van der Waals surface area contributed by atoms with Crippen LogP contribution >= 0.6 is 15.9 Å². The summed E-state index contributed by atoms with van der Waals surface area (Å²) in [6.45, 7) is 0. The summed E-state index contributed by atoms with van der Waals surface area (Å²) in [5, 5.41) is 4.77. The summed E-state index contributed by atoms with van der Waals surface area (Å²) in [7, 11) is 0. The van der Waals surface area contributed by atoms with Crippen LogP contribution in [0.1, 0.15) is 0 Å². The van der Waals surface area contributed by atoms with E-state index in [2.05, 4.69) is 118 Å². The number of benzene rings is 5. The molecule has 33 heavy (non-hydrogen) atoms. The lowest BCUT2D eigenvalue weighted by Gasteiger charge is -2.09. The Morgan fingerprint density at radius 2 is 1.30 bits per heavy atom. The number of halogens is 1. The molecule has 0 N–H and O–H groups in total. The minimum atomic E-state index is 0.899. The van der Waals surface area contributed by atoms with E-state index in [4.69, 9.17) is 4.42 Å². The fourth-order valence-corrected chi connectivity index (χ4v) is 5.53. The average molecular weight is 488 g/mol. The van der Waals surface area contributed by atoms with Gasteiger partial charge in [-0.05, 0) is 59.7 Å². The first-order valence-electron chi connectivity index (χ1n) is 11.0. The molecule has 2 aromatic heterocycles. The van der Waals surface area contributed by atoms with Crippen LogP contribution in [0.3, 0.4) is 0 Å². The predicted molar refractivity (Wildman–Crippen MR) is 141 cm³/mol. The molecule has 0 saturated heterocycles. The lowest BCUT2D eigenvalue weighted by Crippen LogP contribution is -1.93. The largest absolute Gasteiger partial charge is 0.456 e. The summed E-state index contributed by atoms with van der Waals surface area (Å²) < 4.78 is 9.49. The van der Waals surface area contributed by atoms with Crippen molar-refractivity contribution in [2.24, 2.45) is 0 Å². The van der Waals surface area contributed by atoms with Crippen molar-refractivity contribution >= 4 is 59.7 Å². The number of rotatable bonds is 2. The van der Waals surface area contributed by atoms with Gasteiger partial charge in [0.05, 0.1) is 11.0 Å². The van der Waals surface area contributed by atoms with Crippen LogP contribution < -0.4 is 0 Å². The number of hydrogen-bond donors (Lipinski definition) is 0. The molecule has 0 radical (unpaired) electrons. The van der Waals surface area contributed by atoms with Gasteiger partial charge >= 0.3 is 0 Å². The molecular formula is C30H18BrNO. The highest BCUT2D eigenvalue weighted by Crippen LogP contribution is 2.38. The smallest absolute Gasteiger partial charge is 0.136 e. The number of para-hydroxylation sites is 2. The monoisotopic (exact) mass is 487 g/mol. The molecule has 0 spiro atoms. The second-order valence-corrected chi connectivity index (χ2v) is 9.20. The Bertz CT molecular complexity index is 1830. The molecule has 0 aliphatic carbocycles. The van der Waals surface area contributed by atoms with E-state index in [-0.39, 0.29) is 0 Å². The van der Waals surface area contributed by atoms with Gasteiger partial charge in [0.25, 0.3) is 0 Å². The zero-order chi connectivity index (χ0) is 21.9. The molecule has 0 atom stereocenters. The first-order valence-corrected chi connectivity index (χ1v) is 11.8. The van der Waals surface area contributed by atoms with Gasteiger partial charge in [-0.15, -0.1) is 0 Å². The van der Waals surface area contributed by atoms with Gasteiger partial charge in [0.2, 0.25) is 0 Å². The first kappa shape index (κ1) is 18.7. The fraction of sp³-hybridized carbons (Fsp3) is 0. The van der Waals surface area contributed by atoms with E-state index in [9.17, 15) is 0 Å².